The van der Waals surface area contributed by atoms with Crippen molar-refractivity contribution in [2.45, 2.75) is 0 Å². The van der Waals surface area contributed by atoms with Crippen molar-refractivity contribution in [1.82, 2.24) is 10.6 Å². The van der Waals surface area contributed by atoms with E-state index in [0.29, 0.717) is 26.6 Å². The summed E-state index contributed by atoms with van der Waals surface area (Å²) in [6.07, 6.45) is 0. The maximum atomic E-state index is 8.35. The van der Waals surface area contributed by atoms with Gasteiger partial charge in [0.25, 0.3) is 0 Å². The Morgan fingerprint density at radius 1 is 0.963 bits per heavy atom. The van der Waals surface area contributed by atoms with Crippen LogP contribution in [0.2, 0.25) is 0 Å². The van der Waals surface area contributed by atoms with Gasteiger partial charge in [-0.05, 0) is 23.3 Å². The highest BCUT2D eigenvalue weighted by Gasteiger charge is 2.32. The predicted molar refractivity (Wildman–Crippen MR) is 118 cm³/mol. The number of hydrogen-bond donors (Lipinski definition) is 3. The molecule has 0 radical (unpaired) electrons. The van der Waals surface area contributed by atoms with Crippen LogP contribution in [0.1, 0.15) is 11.1 Å². The van der Waals surface area contributed by atoms with Gasteiger partial charge < -0.3 is 20.1 Å². The molecule has 2 aromatic rings. The highest BCUT2D eigenvalue weighted by Crippen LogP contribution is 2.42. The summed E-state index contributed by atoms with van der Waals surface area (Å²) in [5.41, 5.74) is 4.51. The third-order valence-electron chi connectivity index (χ3n) is 4.37. The van der Waals surface area contributed by atoms with E-state index in [1.54, 1.807) is 14.2 Å². The summed E-state index contributed by atoms with van der Waals surface area (Å²) in [5, 5.41) is 14.5. The number of amidine groups is 1. The van der Waals surface area contributed by atoms with Gasteiger partial charge in [-0.3, -0.25) is 5.41 Å². The number of ether oxygens (including phenoxy) is 2. The number of hydrogen-bond acceptors (Lipinski definition) is 6. The van der Waals surface area contributed by atoms with E-state index < -0.39 is 0 Å². The van der Waals surface area contributed by atoms with Crippen molar-refractivity contribution in [2.75, 3.05) is 14.2 Å². The van der Waals surface area contributed by atoms with E-state index in [0.717, 1.165) is 32.9 Å². The standard InChI is InChI=1S/C19H15N3O2S3/c1-23-12-7-6-9(8-13(12)24-2)10-4-3-5-11-14(10)15(21-17(11)20)16-18(25)22-19(26)27-16/h3-8H,1-2H3,(H2,20,21)(H,22,25,26)/b16-15+. The van der Waals surface area contributed by atoms with Crippen LogP contribution < -0.4 is 20.1 Å². The predicted octanol–water partition coefficient (Wildman–Crippen LogP) is 3.92. The SMILES string of the molecule is COc1ccc(-c2cccc3c2/C(=C2\SC(=S)NC2=S)NC3=N)cc1OC. The number of fused-ring (bicyclic) bond motifs is 1. The van der Waals surface area contributed by atoms with Crippen molar-refractivity contribution in [3.63, 3.8) is 0 Å². The molecule has 0 atom stereocenters. The molecule has 0 spiro atoms. The van der Waals surface area contributed by atoms with Gasteiger partial charge in [0.15, 0.2) is 11.5 Å². The Morgan fingerprint density at radius 2 is 1.70 bits per heavy atom. The Hall–Kier alpha value is -2.42. The van der Waals surface area contributed by atoms with Crippen molar-refractivity contribution in [2.24, 2.45) is 0 Å². The molecule has 2 aliphatic heterocycles. The molecular weight excluding hydrogens is 398 g/mol. The Kier molecular flexibility index (Phi) is 4.63. The van der Waals surface area contributed by atoms with Crippen LogP contribution in [-0.2, 0) is 0 Å². The van der Waals surface area contributed by atoms with Gasteiger partial charge in [0.05, 0.1) is 24.8 Å². The van der Waals surface area contributed by atoms with Crippen molar-refractivity contribution in [1.29, 1.82) is 5.41 Å². The van der Waals surface area contributed by atoms with Crippen LogP contribution in [0.3, 0.4) is 0 Å². The van der Waals surface area contributed by atoms with E-state index in [4.69, 9.17) is 39.3 Å². The lowest BCUT2D eigenvalue weighted by Crippen LogP contribution is -2.18. The van der Waals surface area contributed by atoms with Gasteiger partial charge in [-0.1, -0.05) is 60.5 Å². The van der Waals surface area contributed by atoms with E-state index in [-0.39, 0.29) is 0 Å². The topological polar surface area (TPSA) is 66.4 Å². The molecule has 0 aromatic heterocycles. The van der Waals surface area contributed by atoms with E-state index in [1.165, 1.54) is 11.8 Å². The lowest BCUT2D eigenvalue weighted by Gasteiger charge is -2.13. The lowest BCUT2D eigenvalue weighted by atomic mass is 9.94. The zero-order chi connectivity index (χ0) is 19.1. The summed E-state index contributed by atoms with van der Waals surface area (Å²) in [6, 6.07) is 11.7. The molecule has 2 aliphatic rings. The van der Waals surface area contributed by atoms with Crippen LogP contribution in [0, 0.1) is 5.41 Å². The molecule has 8 heteroatoms. The fourth-order valence-electron chi connectivity index (χ4n) is 3.18. The highest BCUT2D eigenvalue weighted by atomic mass is 32.2. The van der Waals surface area contributed by atoms with Crippen LogP contribution >= 0.6 is 36.2 Å². The summed E-state index contributed by atoms with van der Waals surface area (Å²) in [4.78, 5) is 1.42. The summed E-state index contributed by atoms with van der Waals surface area (Å²) in [6.45, 7) is 0. The number of nitrogens with one attached hydrogen (secondary N) is 3. The molecule has 0 unspecified atom stereocenters. The first-order chi connectivity index (χ1) is 13.0. The van der Waals surface area contributed by atoms with Crippen molar-refractivity contribution in [3.8, 4) is 22.6 Å². The fraction of sp³-hybridized carbons (Fsp3) is 0.105. The molecule has 2 aromatic carbocycles. The summed E-state index contributed by atoms with van der Waals surface area (Å²) in [7, 11) is 3.22. The third-order valence-corrected chi connectivity index (χ3v) is 6.06. The second kappa shape index (κ2) is 6.95. The van der Waals surface area contributed by atoms with E-state index >= 15 is 0 Å². The fourth-order valence-corrected chi connectivity index (χ4v) is 4.73. The van der Waals surface area contributed by atoms with Gasteiger partial charge >= 0.3 is 0 Å². The van der Waals surface area contributed by atoms with E-state index in [1.807, 2.05) is 36.4 Å². The molecule has 136 valence electrons. The first kappa shape index (κ1) is 18.0. The number of methoxy groups -OCH3 is 2. The lowest BCUT2D eigenvalue weighted by molar-refractivity contribution is 0.355. The van der Waals surface area contributed by atoms with Crippen LogP contribution in [0.15, 0.2) is 41.3 Å². The van der Waals surface area contributed by atoms with Crippen molar-refractivity contribution >= 4 is 57.0 Å². The minimum Gasteiger partial charge on any atom is -0.493 e. The zero-order valence-corrected chi connectivity index (χ0v) is 17.0. The Balaban J connectivity index is 1.94. The molecule has 1 saturated heterocycles. The van der Waals surface area contributed by atoms with Gasteiger partial charge in [0, 0.05) is 11.1 Å². The Bertz CT molecular complexity index is 1050. The quantitative estimate of drug-likeness (QED) is 0.521. The molecule has 0 saturated carbocycles. The molecule has 2 heterocycles. The average Bonchev–Trinajstić information content (AvgIpc) is 3.19. The van der Waals surface area contributed by atoms with Gasteiger partial charge in [0.1, 0.15) is 15.1 Å². The van der Waals surface area contributed by atoms with Gasteiger partial charge in [-0.25, -0.2) is 0 Å². The smallest absolute Gasteiger partial charge is 0.161 e. The minimum absolute atomic E-state index is 0.344. The van der Waals surface area contributed by atoms with Gasteiger partial charge in [-0.2, -0.15) is 0 Å². The van der Waals surface area contributed by atoms with Crippen LogP contribution in [0.4, 0.5) is 0 Å². The molecule has 0 aliphatic carbocycles. The average molecular weight is 414 g/mol. The zero-order valence-electron chi connectivity index (χ0n) is 14.5. The van der Waals surface area contributed by atoms with Gasteiger partial charge in [-0.15, -0.1) is 0 Å². The number of rotatable bonds is 3. The Morgan fingerprint density at radius 3 is 2.37 bits per heavy atom. The molecule has 4 rings (SSSR count). The number of thiocarbonyl (C=S) groups is 2. The molecule has 5 nitrogen and oxygen atoms in total. The maximum Gasteiger partial charge on any atom is 0.161 e. The molecule has 0 amide bonds. The third kappa shape index (κ3) is 2.99. The van der Waals surface area contributed by atoms with Gasteiger partial charge in [0.2, 0.25) is 0 Å². The largest absolute Gasteiger partial charge is 0.493 e. The summed E-state index contributed by atoms with van der Waals surface area (Å²) in [5.74, 6) is 1.66. The maximum absolute atomic E-state index is 8.35. The van der Waals surface area contributed by atoms with E-state index in [9.17, 15) is 0 Å². The first-order valence-electron chi connectivity index (χ1n) is 8.02. The van der Waals surface area contributed by atoms with Crippen molar-refractivity contribution in [3.05, 3.63) is 52.4 Å². The molecule has 3 N–H and O–H groups in total. The molecule has 27 heavy (non-hydrogen) atoms. The molecule has 0 bridgehead atoms. The number of thioether (sulfide) groups is 1. The van der Waals surface area contributed by atoms with Crippen LogP contribution in [0.25, 0.3) is 16.8 Å². The molecular formula is C19H15N3O2S3. The van der Waals surface area contributed by atoms with Crippen LogP contribution in [-0.4, -0.2) is 29.4 Å². The van der Waals surface area contributed by atoms with Crippen molar-refractivity contribution < 1.29 is 9.47 Å². The minimum atomic E-state index is 0.344. The second-order valence-corrected chi connectivity index (χ2v) is 7.94. The first-order valence-corrected chi connectivity index (χ1v) is 9.66. The Labute approximate surface area is 171 Å². The highest BCUT2D eigenvalue weighted by molar-refractivity contribution is 8.27. The number of benzene rings is 2. The monoisotopic (exact) mass is 413 g/mol. The summed E-state index contributed by atoms with van der Waals surface area (Å²) < 4.78 is 11.4. The molecule has 1 fully saturated rings. The summed E-state index contributed by atoms with van der Waals surface area (Å²) >= 11 is 12.1. The normalized spacial score (nSPS) is 18.2. The van der Waals surface area contributed by atoms with E-state index in [2.05, 4.69) is 10.6 Å². The second-order valence-electron chi connectivity index (χ2n) is 5.85. The van der Waals surface area contributed by atoms with Crippen LogP contribution in [0.5, 0.6) is 11.5 Å².